The molecule has 6 heteroatoms. The highest BCUT2D eigenvalue weighted by molar-refractivity contribution is 9.11. The third-order valence-corrected chi connectivity index (χ3v) is 4.12. The molecule has 1 aromatic heterocycles. The minimum Gasteiger partial charge on any atom is -0.477 e. The fraction of sp³-hybridized carbons (Fsp3) is 0. The van der Waals surface area contributed by atoms with E-state index >= 15 is 0 Å². The second kappa shape index (κ2) is 4.88. The number of thiophene rings is 1. The average molecular weight is 326 g/mol. The minimum absolute atomic E-state index is 0.0384. The van der Waals surface area contributed by atoms with Gasteiger partial charge in [0.15, 0.2) is 0 Å². The molecule has 0 amide bonds. The van der Waals surface area contributed by atoms with Gasteiger partial charge in [-0.2, -0.15) is 5.26 Å². The second-order valence-corrected chi connectivity index (χ2v) is 5.78. The topological polar surface area (TPSA) is 61.1 Å². The first-order valence-corrected chi connectivity index (χ1v) is 6.36. The van der Waals surface area contributed by atoms with Crippen LogP contribution in [0.2, 0.25) is 0 Å². The molecule has 1 N–H and O–H groups in total. The zero-order chi connectivity index (χ0) is 13.3. The van der Waals surface area contributed by atoms with Crippen molar-refractivity contribution in [2.45, 2.75) is 0 Å². The van der Waals surface area contributed by atoms with Crippen LogP contribution in [0.25, 0.3) is 11.1 Å². The number of carbonyl (C=O) groups is 1. The Kier molecular flexibility index (Phi) is 3.45. The molecule has 90 valence electrons. The highest BCUT2D eigenvalue weighted by atomic mass is 79.9. The molecule has 0 atom stereocenters. The Labute approximate surface area is 114 Å². The first-order chi connectivity index (χ1) is 8.52. The van der Waals surface area contributed by atoms with Gasteiger partial charge in [0, 0.05) is 5.56 Å². The molecular formula is C12H5BrFNO2S. The Morgan fingerprint density at radius 2 is 2.17 bits per heavy atom. The van der Waals surface area contributed by atoms with Crippen molar-refractivity contribution in [1.29, 1.82) is 5.26 Å². The molecule has 18 heavy (non-hydrogen) atoms. The molecule has 0 aliphatic rings. The van der Waals surface area contributed by atoms with Gasteiger partial charge in [-0.05, 0) is 39.7 Å². The molecule has 2 aromatic rings. The van der Waals surface area contributed by atoms with E-state index in [2.05, 4.69) is 15.9 Å². The molecule has 0 fully saturated rings. The van der Waals surface area contributed by atoms with Crippen LogP contribution in [0.5, 0.6) is 0 Å². The van der Waals surface area contributed by atoms with Crippen molar-refractivity contribution in [3.05, 3.63) is 44.3 Å². The minimum atomic E-state index is -1.03. The number of benzene rings is 1. The lowest BCUT2D eigenvalue weighted by atomic mass is 10.1. The van der Waals surface area contributed by atoms with Crippen LogP contribution in [0.4, 0.5) is 4.39 Å². The van der Waals surface area contributed by atoms with E-state index in [0.29, 0.717) is 14.9 Å². The zero-order valence-corrected chi connectivity index (χ0v) is 11.2. The maximum atomic E-state index is 13.5. The maximum Gasteiger partial charge on any atom is 0.345 e. The summed E-state index contributed by atoms with van der Waals surface area (Å²) in [5.74, 6) is -1.65. The molecule has 0 unspecified atom stereocenters. The zero-order valence-electron chi connectivity index (χ0n) is 8.78. The van der Waals surface area contributed by atoms with Gasteiger partial charge in [-0.3, -0.25) is 0 Å². The Balaban J connectivity index is 2.53. The molecule has 0 bridgehead atoms. The third kappa shape index (κ3) is 2.28. The van der Waals surface area contributed by atoms with E-state index < -0.39 is 11.8 Å². The molecule has 0 spiro atoms. The molecule has 2 rings (SSSR count). The number of nitriles is 1. The van der Waals surface area contributed by atoms with Crippen molar-refractivity contribution in [3.8, 4) is 17.2 Å². The summed E-state index contributed by atoms with van der Waals surface area (Å²) in [7, 11) is 0. The van der Waals surface area contributed by atoms with E-state index in [-0.39, 0.29) is 10.4 Å². The smallest absolute Gasteiger partial charge is 0.345 e. The first-order valence-electron chi connectivity index (χ1n) is 4.75. The number of nitrogens with zero attached hydrogens (tertiary/aromatic N) is 1. The normalized spacial score (nSPS) is 10.1. The molecule has 0 saturated heterocycles. The van der Waals surface area contributed by atoms with E-state index in [1.165, 1.54) is 18.2 Å². The lowest BCUT2D eigenvalue weighted by Crippen LogP contribution is -1.90. The summed E-state index contributed by atoms with van der Waals surface area (Å²) in [6.45, 7) is 0. The summed E-state index contributed by atoms with van der Waals surface area (Å²) in [4.78, 5) is 11.0. The van der Waals surface area contributed by atoms with Crippen LogP contribution < -0.4 is 0 Å². The van der Waals surface area contributed by atoms with Gasteiger partial charge in [-0.25, -0.2) is 9.18 Å². The van der Waals surface area contributed by atoms with Crippen LogP contribution in [-0.4, -0.2) is 11.1 Å². The van der Waals surface area contributed by atoms with E-state index in [9.17, 15) is 9.18 Å². The number of carboxylic acids is 1. The van der Waals surface area contributed by atoms with E-state index in [1.807, 2.05) is 0 Å². The van der Waals surface area contributed by atoms with Crippen LogP contribution in [0.15, 0.2) is 28.1 Å². The third-order valence-electron chi connectivity index (χ3n) is 2.30. The molecule has 0 saturated carbocycles. The van der Waals surface area contributed by atoms with Gasteiger partial charge in [0.05, 0.1) is 9.35 Å². The molecule has 1 aromatic carbocycles. The number of hydrogen-bond acceptors (Lipinski definition) is 3. The van der Waals surface area contributed by atoms with Gasteiger partial charge < -0.3 is 5.11 Å². The standard InChI is InChI=1S/C12H5BrFNO2S/c13-11-8(4-10(18-11)12(16)17)6-1-2-7(5-15)9(14)3-6/h1-4H,(H,16,17). The van der Waals surface area contributed by atoms with Crippen molar-refractivity contribution >= 4 is 33.2 Å². The summed E-state index contributed by atoms with van der Waals surface area (Å²) in [6.07, 6.45) is 0. The van der Waals surface area contributed by atoms with Crippen LogP contribution in [-0.2, 0) is 0 Å². The van der Waals surface area contributed by atoms with E-state index in [0.717, 1.165) is 11.3 Å². The van der Waals surface area contributed by atoms with Crippen LogP contribution in [0, 0.1) is 17.1 Å². The van der Waals surface area contributed by atoms with Crippen molar-refractivity contribution in [2.75, 3.05) is 0 Å². The largest absolute Gasteiger partial charge is 0.477 e. The van der Waals surface area contributed by atoms with Crippen LogP contribution >= 0.6 is 27.3 Å². The van der Waals surface area contributed by atoms with Crippen molar-refractivity contribution < 1.29 is 14.3 Å². The highest BCUT2D eigenvalue weighted by Crippen LogP contribution is 2.36. The van der Waals surface area contributed by atoms with Gasteiger partial charge in [0.25, 0.3) is 0 Å². The summed E-state index contributed by atoms with van der Waals surface area (Å²) < 4.78 is 14.1. The first kappa shape index (κ1) is 12.7. The summed E-state index contributed by atoms with van der Waals surface area (Å²) in [5, 5.41) is 17.5. The maximum absolute atomic E-state index is 13.5. The molecule has 1 heterocycles. The monoisotopic (exact) mass is 325 g/mol. The van der Waals surface area contributed by atoms with Crippen LogP contribution in [0.1, 0.15) is 15.2 Å². The number of aromatic carboxylic acids is 1. The highest BCUT2D eigenvalue weighted by Gasteiger charge is 2.14. The Morgan fingerprint density at radius 3 is 2.67 bits per heavy atom. The average Bonchev–Trinajstić information content (AvgIpc) is 2.71. The Bertz CT molecular complexity index is 675. The summed E-state index contributed by atoms with van der Waals surface area (Å²) in [6, 6.07) is 7.38. The molecule has 0 aliphatic heterocycles. The summed E-state index contributed by atoms with van der Waals surface area (Å²) >= 11 is 4.31. The number of carboxylic acid groups (broad SMARTS) is 1. The van der Waals surface area contributed by atoms with Crippen LogP contribution in [0.3, 0.4) is 0 Å². The molecule has 3 nitrogen and oxygen atoms in total. The van der Waals surface area contributed by atoms with Crippen molar-refractivity contribution in [1.82, 2.24) is 0 Å². The number of halogens is 2. The summed E-state index contributed by atoms with van der Waals surface area (Å²) in [5.41, 5.74) is 1.09. The van der Waals surface area contributed by atoms with Gasteiger partial charge in [0.1, 0.15) is 16.8 Å². The SMILES string of the molecule is N#Cc1ccc(-c2cc(C(=O)O)sc2Br)cc1F. The molecule has 0 radical (unpaired) electrons. The Morgan fingerprint density at radius 1 is 1.44 bits per heavy atom. The van der Waals surface area contributed by atoms with Crippen molar-refractivity contribution in [2.24, 2.45) is 0 Å². The quantitative estimate of drug-likeness (QED) is 0.911. The lowest BCUT2D eigenvalue weighted by Gasteiger charge is -2.00. The number of rotatable bonds is 2. The van der Waals surface area contributed by atoms with E-state index in [1.54, 1.807) is 12.1 Å². The van der Waals surface area contributed by atoms with E-state index in [4.69, 9.17) is 10.4 Å². The fourth-order valence-corrected chi connectivity index (χ4v) is 3.05. The predicted molar refractivity (Wildman–Crippen MR) is 69.1 cm³/mol. The van der Waals surface area contributed by atoms with Gasteiger partial charge in [0.2, 0.25) is 0 Å². The van der Waals surface area contributed by atoms with Gasteiger partial charge in [-0.1, -0.05) is 6.07 Å². The molecule has 0 aliphatic carbocycles. The lowest BCUT2D eigenvalue weighted by molar-refractivity contribution is 0.0702. The Hall–Kier alpha value is -1.71. The second-order valence-electron chi connectivity index (χ2n) is 3.41. The molecular weight excluding hydrogens is 321 g/mol. The van der Waals surface area contributed by atoms with Crippen molar-refractivity contribution in [3.63, 3.8) is 0 Å². The predicted octanol–water partition coefficient (Wildman–Crippen LogP) is 3.89. The fourth-order valence-electron chi connectivity index (χ4n) is 1.44. The van der Waals surface area contributed by atoms with Gasteiger partial charge in [-0.15, -0.1) is 11.3 Å². The number of hydrogen-bond donors (Lipinski definition) is 1. The van der Waals surface area contributed by atoms with Gasteiger partial charge >= 0.3 is 5.97 Å².